The molecule has 3 aromatic carbocycles. The molecule has 1 aliphatic heterocycles. The van der Waals surface area contributed by atoms with Crippen LogP contribution < -0.4 is 18.4 Å². The molecule has 5 heteroatoms. The third-order valence-corrected chi connectivity index (χ3v) is 6.19. The summed E-state index contributed by atoms with van der Waals surface area (Å²) >= 11 is 0. The van der Waals surface area contributed by atoms with Crippen LogP contribution in [0.5, 0.6) is 23.0 Å². The van der Waals surface area contributed by atoms with Gasteiger partial charge in [-0.2, -0.15) is 0 Å². The summed E-state index contributed by atoms with van der Waals surface area (Å²) in [5, 5.41) is 12.1. The first-order chi connectivity index (χ1) is 11.7. The maximum atomic E-state index is 12.1. The summed E-state index contributed by atoms with van der Waals surface area (Å²) in [5.74, 6) is 1.39. The number of hydrogen-bond acceptors (Lipinski definition) is 4. The normalized spacial score (nSPS) is 14.3. The van der Waals surface area contributed by atoms with E-state index in [4.69, 9.17) is 13.3 Å². The first-order valence-corrected chi connectivity index (χ1v) is 9.63. The number of hydrogen-bond donors (Lipinski definition) is 0. The largest absolute Gasteiger partial charge is 0.870 e. The highest BCUT2D eigenvalue weighted by molar-refractivity contribution is 6.63. The fourth-order valence-electron chi connectivity index (χ4n) is 2.67. The van der Waals surface area contributed by atoms with Crippen LogP contribution in [0.2, 0.25) is 0 Å². The molecular formula is C19H15O4Si-. The summed E-state index contributed by atoms with van der Waals surface area (Å²) in [6.45, 7) is 0. The van der Waals surface area contributed by atoms with E-state index < -0.39 is 8.80 Å². The van der Waals surface area contributed by atoms with Gasteiger partial charge in [0.25, 0.3) is 0 Å². The highest BCUT2D eigenvalue weighted by Gasteiger charge is 2.54. The molecule has 0 N–H and O–H groups in total. The smallest absolute Gasteiger partial charge is 0.704 e. The molecule has 4 rings (SSSR count). The van der Waals surface area contributed by atoms with Gasteiger partial charge in [-0.15, -0.1) is 0 Å². The maximum Gasteiger partial charge on any atom is 0.704 e. The van der Waals surface area contributed by atoms with Gasteiger partial charge >= 0.3 is 8.80 Å². The van der Waals surface area contributed by atoms with Crippen molar-refractivity contribution < 1.29 is 18.4 Å². The van der Waals surface area contributed by atoms with Gasteiger partial charge < -0.3 is 18.4 Å². The van der Waals surface area contributed by atoms with E-state index in [1.807, 2.05) is 54.6 Å². The van der Waals surface area contributed by atoms with Crippen LogP contribution in [0, 0.1) is 0 Å². The fourth-order valence-corrected chi connectivity index (χ4v) is 5.26. The third kappa shape index (κ3) is 2.81. The van der Waals surface area contributed by atoms with Crippen molar-refractivity contribution in [2.45, 2.75) is 6.04 Å². The molecule has 1 heterocycles. The molecule has 120 valence electrons. The average Bonchev–Trinajstić information content (AvgIpc) is 2.95. The molecule has 0 saturated heterocycles. The topological polar surface area (TPSA) is 50.8 Å². The van der Waals surface area contributed by atoms with Crippen molar-refractivity contribution in [3.63, 3.8) is 0 Å². The Balaban J connectivity index is 1.70. The van der Waals surface area contributed by atoms with Gasteiger partial charge in [0, 0.05) is 0 Å². The first-order valence-electron chi connectivity index (χ1n) is 7.70. The molecule has 0 amide bonds. The van der Waals surface area contributed by atoms with Gasteiger partial charge in [0.15, 0.2) is 0 Å². The lowest BCUT2D eigenvalue weighted by molar-refractivity contribution is -0.269. The highest BCUT2D eigenvalue weighted by Crippen LogP contribution is 2.40. The van der Waals surface area contributed by atoms with Gasteiger partial charge in [-0.3, -0.25) is 0 Å². The second-order valence-electron chi connectivity index (χ2n) is 5.55. The minimum absolute atomic E-state index is 0.180. The molecule has 3 aromatic rings. The lowest BCUT2D eigenvalue weighted by Crippen LogP contribution is -2.54. The molecule has 4 nitrogen and oxygen atoms in total. The third-order valence-electron chi connectivity index (χ3n) is 3.76. The van der Waals surface area contributed by atoms with E-state index in [-0.39, 0.29) is 11.5 Å². The Kier molecular flexibility index (Phi) is 3.63. The van der Waals surface area contributed by atoms with Crippen molar-refractivity contribution in [3.05, 3.63) is 84.4 Å². The Morgan fingerprint density at radius 1 is 0.750 bits per heavy atom. The predicted molar refractivity (Wildman–Crippen MR) is 90.1 cm³/mol. The molecule has 0 radical (unpaired) electrons. The molecule has 1 aliphatic rings. The summed E-state index contributed by atoms with van der Waals surface area (Å²) in [7, 11) is -3.15. The summed E-state index contributed by atoms with van der Waals surface area (Å²) in [5.41, 5.74) is 1.04. The number of rotatable bonds is 4. The SMILES string of the molecule is [O-]c1ccccc1O[Si]1(Cc2ccccc2)Oc2ccccc2O1. The van der Waals surface area contributed by atoms with Crippen molar-refractivity contribution in [3.8, 4) is 23.0 Å². The molecule has 24 heavy (non-hydrogen) atoms. The van der Waals surface area contributed by atoms with Gasteiger partial charge in [-0.25, -0.2) is 0 Å². The number of fused-ring (bicyclic) bond motifs is 1. The Labute approximate surface area is 141 Å². The van der Waals surface area contributed by atoms with E-state index in [1.165, 1.54) is 6.07 Å². The van der Waals surface area contributed by atoms with Gasteiger partial charge in [0.1, 0.15) is 17.2 Å². The molecule has 0 spiro atoms. The van der Waals surface area contributed by atoms with Crippen molar-refractivity contribution in [2.75, 3.05) is 0 Å². The van der Waals surface area contributed by atoms with Crippen LogP contribution >= 0.6 is 0 Å². The van der Waals surface area contributed by atoms with Gasteiger partial charge in [0.2, 0.25) is 0 Å². The molecule has 0 aliphatic carbocycles. The Hall–Kier alpha value is -2.92. The van der Waals surface area contributed by atoms with Crippen LogP contribution in [0.15, 0.2) is 78.9 Å². The fraction of sp³-hybridized carbons (Fsp3) is 0.0526. The Morgan fingerprint density at radius 3 is 2.00 bits per heavy atom. The van der Waals surface area contributed by atoms with E-state index in [0.29, 0.717) is 17.5 Å². The minimum Gasteiger partial charge on any atom is -0.870 e. The van der Waals surface area contributed by atoms with Gasteiger partial charge in [-0.1, -0.05) is 66.4 Å². The van der Waals surface area contributed by atoms with E-state index >= 15 is 0 Å². The standard InChI is InChI=1S/C19H16O4Si/c20-16-10-4-5-11-17(16)21-24(14-15-8-2-1-3-9-15)22-18-12-6-7-13-19(18)23-24/h1-13,20H,14H2/p-1. The predicted octanol–water partition coefficient (Wildman–Crippen LogP) is 3.33. The van der Waals surface area contributed by atoms with Crippen LogP contribution in [0.1, 0.15) is 5.56 Å². The van der Waals surface area contributed by atoms with Crippen molar-refractivity contribution in [1.82, 2.24) is 0 Å². The molecule has 0 fully saturated rings. The average molecular weight is 335 g/mol. The zero-order valence-electron chi connectivity index (χ0n) is 12.8. The monoisotopic (exact) mass is 335 g/mol. The number of para-hydroxylation sites is 4. The van der Waals surface area contributed by atoms with Crippen LogP contribution in [-0.4, -0.2) is 8.80 Å². The second-order valence-corrected chi connectivity index (χ2v) is 7.88. The lowest BCUT2D eigenvalue weighted by atomic mass is 10.2. The van der Waals surface area contributed by atoms with Crippen LogP contribution in [0.25, 0.3) is 0 Å². The van der Waals surface area contributed by atoms with Crippen molar-refractivity contribution in [1.29, 1.82) is 0 Å². The molecule has 0 aromatic heterocycles. The zero-order valence-corrected chi connectivity index (χ0v) is 13.8. The Morgan fingerprint density at radius 2 is 1.33 bits per heavy atom. The van der Waals surface area contributed by atoms with Crippen molar-refractivity contribution in [2.24, 2.45) is 0 Å². The lowest BCUT2D eigenvalue weighted by Gasteiger charge is -2.26. The summed E-state index contributed by atoms with van der Waals surface area (Å²) in [4.78, 5) is 0. The van der Waals surface area contributed by atoms with Crippen LogP contribution in [0.3, 0.4) is 0 Å². The molecule has 0 saturated carbocycles. The Bertz CT molecular complexity index is 826. The summed E-state index contributed by atoms with van der Waals surface area (Å²) < 4.78 is 18.3. The van der Waals surface area contributed by atoms with E-state index in [9.17, 15) is 5.11 Å². The maximum absolute atomic E-state index is 12.1. The van der Waals surface area contributed by atoms with E-state index in [0.717, 1.165) is 5.56 Å². The minimum atomic E-state index is -3.15. The summed E-state index contributed by atoms with van der Waals surface area (Å²) in [6, 6.07) is 24.4. The molecule has 0 atom stereocenters. The van der Waals surface area contributed by atoms with Crippen LogP contribution in [-0.2, 0) is 6.04 Å². The quantitative estimate of drug-likeness (QED) is 0.686. The van der Waals surface area contributed by atoms with Gasteiger partial charge in [0.05, 0.1) is 6.04 Å². The first kappa shape index (κ1) is 14.7. The van der Waals surface area contributed by atoms with Gasteiger partial charge in [-0.05, 0) is 23.8 Å². The molecule has 0 bridgehead atoms. The summed E-state index contributed by atoms with van der Waals surface area (Å²) in [6.07, 6.45) is 0. The number of benzene rings is 3. The van der Waals surface area contributed by atoms with Crippen LogP contribution in [0.4, 0.5) is 0 Å². The highest BCUT2D eigenvalue weighted by atomic mass is 28.4. The van der Waals surface area contributed by atoms with E-state index in [1.54, 1.807) is 18.2 Å². The zero-order chi connectivity index (χ0) is 16.4. The second kappa shape index (κ2) is 5.94. The molecule has 0 unspecified atom stereocenters. The van der Waals surface area contributed by atoms with E-state index in [2.05, 4.69) is 0 Å². The van der Waals surface area contributed by atoms with Crippen molar-refractivity contribution >= 4 is 8.80 Å². The molecular weight excluding hydrogens is 320 g/mol.